The summed E-state index contributed by atoms with van der Waals surface area (Å²) in [7, 11) is -3.90. The van der Waals surface area contributed by atoms with Gasteiger partial charge in [-0.25, -0.2) is 0 Å². The van der Waals surface area contributed by atoms with E-state index >= 15 is 0 Å². The maximum atomic E-state index is 13.0. The van der Waals surface area contributed by atoms with Crippen LogP contribution in [0.25, 0.3) is 0 Å². The number of carbonyl (C=O) groups is 1. The zero-order valence-electron chi connectivity index (χ0n) is 13.0. The molecule has 6 heteroatoms. The highest BCUT2D eigenvalue weighted by Gasteiger charge is 2.51. The first-order valence-electron chi connectivity index (χ1n) is 6.97. The van der Waals surface area contributed by atoms with Crippen LogP contribution in [0.4, 0.5) is 0 Å². The number of carbonyl (C=O) groups excluding carboxylic acids is 1. The Bertz CT molecular complexity index is 533. The van der Waals surface area contributed by atoms with Crippen molar-refractivity contribution in [2.75, 3.05) is 13.2 Å². The molecule has 1 aromatic carbocycles. The molecule has 0 bridgehead atoms. The molecule has 1 aromatic rings. The van der Waals surface area contributed by atoms with E-state index in [1.54, 1.807) is 32.0 Å². The Kier molecular flexibility index (Phi) is 6.29. The van der Waals surface area contributed by atoms with Gasteiger partial charge in [-0.3, -0.25) is 9.36 Å². The van der Waals surface area contributed by atoms with Crippen LogP contribution in [-0.4, -0.2) is 24.1 Å². The van der Waals surface area contributed by atoms with E-state index in [1.165, 1.54) is 6.92 Å². The molecule has 0 aliphatic rings. The molecular formula is C15H23O5P. The maximum Gasteiger partial charge on any atom is 0.366 e. The molecular weight excluding hydrogens is 291 g/mol. The first-order valence-corrected chi connectivity index (χ1v) is 8.51. The average Bonchev–Trinajstić information content (AvgIpc) is 2.38. The molecule has 118 valence electrons. The van der Waals surface area contributed by atoms with Crippen LogP contribution in [0.15, 0.2) is 24.3 Å². The normalized spacial score (nSPS) is 14.7. The molecule has 1 unspecified atom stereocenters. The number of aryl methyl sites for hydroxylation is 1. The lowest BCUT2D eigenvalue weighted by Crippen LogP contribution is -2.30. The summed E-state index contributed by atoms with van der Waals surface area (Å²) in [6.07, 6.45) is -0.326. The van der Waals surface area contributed by atoms with Crippen molar-refractivity contribution in [1.82, 2.24) is 0 Å². The van der Waals surface area contributed by atoms with E-state index in [2.05, 4.69) is 0 Å². The van der Waals surface area contributed by atoms with Crippen molar-refractivity contribution in [2.45, 2.75) is 39.5 Å². The van der Waals surface area contributed by atoms with Crippen LogP contribution in [0.3, 0.4) is 0 Å². The summed E-state index contributed by atoms with van der Waals surface area (Å²) in [6.45, 7) is 6.74. The fraction of sp³-hybridized carbons (Fsp3) is 0.533. The zero-order chi connectivity index (χ0) is 16.1. The van der Waals surface area contributed by atoms with Crippen molar-refractivity contribution < 1.29 is 23.5 Å². The van der Waals surface area contributed by atoms with E-state index < -0.39 is 12.9 Å². The summed E-state index contributed by atoms with van der Waals surface area (Å²) in [5.41, 5.74) is 1.25. The first kappa shape index (κ1) is 18.1. The second kappa shape index (κ2) is 7.32. The summed E-state index contributed by atoms with van der Waals surface area (Å²) in [4.78, 5) is 11.6. The first-order chi connectivity index (χ1) is 9.79. The van der Waals surface area contributed by atoms with E-state index in [9.17, 15) is 14.5 Å². The smallest absolute Gasteiger partial charge is 0.366 e. The molecule has 0 spiro atoms. The van der Waals surface area contributed by atoms with Crippen molar-refractivity contribution >= 4 is 13.4 Å². The highest BCUT2D eigenvalue weighted by molar-refractivity contribution is 7.55. The Morgan fingerprint density at radius 2 is 1.86 bits per heavy atom. The van der Waals surface area contributed by atoms with Gasteiger partial charge in [0.1, 0.15) is 5.78 Å². The van der Waals surface area contributed by atoms with Gasteiger partial charge in [-0.05, 0) is 33.3 Å². The van der Waals surface area contributed by atoms with Crippen molar-refractivity contribution in [1.29, 1.82) is 0 Å². The third-order valence-corrected chi connectivity index (χ3v) is 5.55. The van der Waals surface area contributed by atoms with Crippen molar-refractivity contribution in [3.8, 4) is 0 Å². The maximum absolute atomic E-state index is 13.0. The molecule has 0 aliphatic heterocycles. The van der Waals surface area contributed by atoms with Gasteiger partial charge in [-0.1, -0.05) is 29.8 Å². The van der Waals surface area contributed by atoms with E-state index in [0.29, 0.717) is 5.56 Å². The second-order valence-electron chi connectivity index (χ2n) is 4.90. The third kappa shape index (κ3) is 4.01. The van der Waals surface area contributed by atoms with Gasteiger partial charge in [-0.2, -0.15) is 0 Å². The van der Waals surface area contributed by atoms with Crippen LogP contribution in [0.2, 0.25) is 0 Å². The van der Waals surface area contributed by atoms with Gasteiger partial charge < -0.3 is 14.2 Å². The molecule has 0 aliphatic carbocycles. The Hall–Kier alpha value is -1.00. The standard InChI is InChI=1S/C15H23O5P/c1-5-19-21(18,20-6-2)15(17,11-13(4)16)14-9-7-8-12(3)10-14/h7-10,17H,5-6,11H2,1-4H3. The minimum Gasteiger partial charge on any atom is -0.373 e. The molecule has 0 amide bonds. The van der Waals surface area contributed by atoms with Crippen LogP contribution in [0.5, 0.6) is 0 Å². The molecule has 0 saturated carbocycles. The Morgan fingerprint density at radius 3 is 2.29 bits per heavy atom. The minimum atomic E-state index is -3.90. The molecule has 1 N–H and O–H groups in total. The largest absolute Gasteiger partial charge is 0.373 e. The Balaban J connectivity index is 3.43. The summed E-state index contributed by atoms with van der Waals surface area (Å²) < 4.78 is 23.6. The molecule has 0 saturated heterocycles. The highest BCUT2D eigenvalue weighted by atomic mass is 31.2. The van der Waals surface area contributed by atoms with Gasteiger partial charge in [-0.15, -0.1) is 0 Å². The van der Waals surface area contributed by atoms with E-state index in [-0.39, 0.29) is 25.4 Å². The van der Waals surface area contributed by atoms with Crippen LogP contribution >= 0.6 is 7.60 Å². The lowest BCUT2D eigenvalue weighted by atomic mass is 10.0. The summed E-state index contributed by atoms with van der Waals surface area (Å²) >= 11 is 0. The lowest BCUT2D eigenvalue weighted by Gasteiger charge is -2.34. The molecule has 0 radical (unpaired) electrons. The number of ketones is 1. The van der Waals surface area contributed by atoms with Gasteiger partial charge >= 0.3 is 7.60 Å². The molecule has 5 nitrogen and oxygen atoms in total. The lowest BCUT2D eigenvalue weighted by molar-refractivity contribution is -0.120. The molecule has 0 fully saturated rings. The molecule has 0 heterocycles. The molecule has 0 aromatic heterocycles. The van der Waals surface area contributed by atoms with E-state index in [0.717, 1.165) is 5.56 Å². The van der Waals surface area contributed by atoms with Crippen LogP contribution in [0.1, 0.15) is 38.3 Å². The van der Waals surface area contributed by atoms with Gasteiger partial charge in [0.05, 0.1) is 19.6 Å². The third-order valence-electron chi connectivity index (χ3n) is 3.03. The van der Waals surface area contributed by atoms with Crippen LogP contribution in [-0.2, 0) is 23.7 Å². The van der Waals surface area contributed by atoms with Crippen molar-refractivity contribution in [3.05, 3.63) is 35.4 Å². The quantitative estimate of drug-likeness (QED) is 0.745. The predicted molar refractivity (Wildman–Crippen MR) is 81.2 cm³/mol. The Labute approximate surface area is 125 Å². The second-order valence-corrected chi connectivity index (χ2v) is 7.15. The number of Topliss-reactive ketones (excluding diaryl/α,β-unsaturated/α-hetero) is 1. The predicted octanol–water partition coefficient (Wildman–Crippen LogP) is 3.39. The number of rotatable bonds is 8. The Morgan fingerprint density at radius 1 is 1.29 bits per heavy atom. The average molecular weight is 314 g/mol. The monoisotopic (exact) mass is 314 g/mol. The number of hydrogen-bond acceptors (Lipinski definition) is 5. The number of aliphatic hydroxyl groups is 1. The van der Waals surface area contributed by atoms with Crippen molar-refractivity contribution in [2.24, 2.45) is 0 Å². The SMILES string of the molecule is CCOP(=O)(OCC)C(O)(CC(C)=O)c1cccc(C)c1. The topological polar surface area (TPSA) is 72.8 Å². The van der Waals surface area contributed by atoms with Gasteiger partial charge in [0, 0.05) is 0 Å². The fourth-order valence-electron chi connectivity index (χ4n) is 2.19. The zero-order valence-corrected chi connectivity index (χ0v) is 13.9. The molecule has 1 rings (SSSR count). The minimum absolute atomic E-state index is 0.114. The van der Waals surface area contributed by atoms with Gasteiger partial charge in [0.25, 0.3) is 0 Å². The number of benzene rings is 1. The molecule has 21 heavy (non-hydrogen) atoms. The van der Waals surface area contributed by atoms with E-state index in [1.807, 2.05) is 13.0 Å². The van der Waals surface area contributed by atoms with Crippen molar-refractivity contribution in [3.63, 3.8) is 0 Å². The van der Waals surface area contributed by atoms with E-state index in [4.69, 9.17) is 9.05 Å². The van der Waals surface area contributed by atoms with Crippen LogP contribution in [0, 0.1) is 6.92 Å². The summed E-state index contributed by atoms with van der Waals surface area (Å²) in [5.74, 6) is -0.293. The highest BCUT2D eigenvalue weighted by Crippen LogP contribution is 2.65. The fourth-order valence-corrected chi connectivity index (χ4v) is 4.24. The summed E-state index contributed by atoms with van der Waals surface area (Å²) in [5, 5.41) is 9.05. The van der Waals surface area contributed by atoms with Gasteiger partial charge in [0.15, 0.2) is 5.34 Å². The summed E-state index contributed by atoms with van der Waals surface area (Å²) in [6, 6.07) is 6.90. The van der Waals surface area contributed by atoms with Crippen LogP contribution < -0.4 is 0 Å². The number of hydrogen-bond donors (Lipinski definition) is 1. The van der Waals surface area contributed by atoms with Gasteiger partial charge in [0.2, 0.25) is 0 Å². The molecule has 1 atom stereocenters.